The molecule has 0 fully saturated rings. The molecule has 1 aromatic carbocycles. The standard InChI is InChI=1S/C13H17N5O2/c1-14-12-15-16-13(18(12)3)17(2)7-9-4-5-10-11(6-9)20-8-19-10/h4-6H,7-8H2,1-3H3,(H,14,15). The SMILES string of the molecule is CNc1nnc(N(C)Cc2ccc3c(c2)OCO3)n1C. The van der Waals surface area contributed by atoms with Crippen LogP contribution in [0.15, 0.2) is 18.2 Å². The average molecular weight is 275 g/mol. The number of nitrogens with zero attached hydrogens (tertiary/aromatic N) is 4. The number of anilines is 2. The molecule has 106 valence electrons. The summed E-state index contributed by atoms with van der Waals surface area (Å²) in [5.41, 5.74) is 1.13. The molecular weight excluding hydrogens is 258 g/mol. The van der Waals surface area contributed by atoms with E-state index >= 15 is 0 Å². The van der Waals surface area contributed by atoms with Gasteiger partial charge in [0, 0.05) is 27.7 Å². The third-order valence-corrected chi connectivity index (χ3v) is 3.27. The molecule has 7 nitrogen and oxygen atoms in total. The summed E-state index contributed by atoms with van der Waals surface area (Å²) in [7, 11) is 5.73. The first-order valence-corrected chi connectivity index (χ1v) is 6.36. The number of hydrogen-bond donors (Lipinski definition) is 1. The summed E-state index contributed by atoms with van der Waals surface area (Å²) in [5.74, 6) is 3.13. The number of hydrogen-bond acceptors (Lipinski definition) is 6. The Labute approximate surface area is 117 Å². The maximum Gasteiger partial charge on any atom is 0.231 e. The van der Waals surface area contributed by atoms with E-state index in [0.29, 0.717) is 13.3 Å². The van der Waals surface area contributed by atoms with Gasteiger partial charge >= 0.3 is 0 Å². The molecule has 2 heterocycles. The van der Waals surface area contributed by atoms with Crippen LogP contribution in [0.2, 0.25) is 0 Å². The van der Waals surface area contributed by atoms with Gasteiger partial charge in [0.2, 0.25) is 18.7 Å². The highest BCUT2D eigenvalue weighted by Gasteiger charge is 2.16. The second kappa shape index (κ2) is 4.92. The molecule has 0 spiro atoms. The maximum absolute atomic E-state index is 5.39. The van der Waals surface area contributed by atoms with E-state index < -0.39 is 0 Å². The smallest absolute Gasteiger partial charge is 0.231 e. The minimum Gasteiger partial charge on any atom is -0.454 e. The first kappa shape index (κ1) is 12.6. The van der Waals surface area contributed by atoms with E-state index in [1.54, 1.807) is 0 Å². The van der Waals surface area contributed by atoms with Crippen molar-refractivity contribution in [2.75, 3.05) is 31.1 Å². The van der Waals surface area contributed by atoms with Crippen LogP contribution in [0.4, 0.5) is 11.9 Å². The van der Waals surface area contributed by atoms with Crippen LogP contribution in [-0.4, -0.2) is 35.7 Å². The molecule has 3 rings (SSSR count). The van der Waals surface area contributed by atoms with Gasteiger partial charge in [0.1, 0.15) is 0 Å². The number of benzene rings is 1. The third kappa shape index (κ3) is 2.11. The van der Waals surface area contributed by atoms with Gasteiger partial charge in [0.25, 0.3) is 0 Å². The van der Waals surface area contributed by atoms with Crippen LogP contribution >= 0.6 is 0 Å². The van der Waals surface area contributed by atoms with Crippen LogP contribution in [0.1, 0.15) is 5.56 Å². The fraction of sp³-hybridized carbons (Fsp3) is 0.385. The Kier molecular flexibility index (Phi) is 3.09. The van der Waals surface area contributed by atoms with Crippen LogP contribution in [0.5, 0.6) is 11.5 Å². The molecule has 1 aliphatic heterocycles. The van der Waals surface area contributed by atoms with Gasteiger partial charge in [0.05, 0.1) is 0 Å². The number of fused-ring (bicyclic) bond motifs is 1. The molecule has 2 aromatic rings. The van der Waals surface area contributed by atoms with Gasteiger partial charge in [-0.1, -0.05) is 6.07 Å². The minimum atomic E-state index is 0.295. The molecule has 0 amide bonds. The lowest BCUT2D eigenvalue weighted by Crippen LogP contribution is -2.20. The largest absolute Gasteiger partial charge is 0.454 e. The molecule has 0 unspecified atom stereocenters. The van der Waals surface area contributed by atoms with Crippen molar-refractivity contribution >= 4 is 11.9 Å². The zero-order valence-electron chi connectivity index (χ0n) is 11.8. The van der Waals surface area contributed by atoms with E-state index in [4.69, 9.17) is 9.47 Å². The van der Waals surface area contributed by atoms with Gasteiger partial charge in [-0.25, -0.2) is 0 Å². The Morgan fingerprint density at radius 3 is 2.85 bits per heavy atom. The summed E-state index contributed by atoms with van der Waals surface area (Å²) in [6.07, 6.45) is 0. The van der Waals surface area contributed by atoms with Gasteiger partial charge < -0.3 is 19.7 Å². The fourth-order valence-corrected chi connectivity index (χ4v) is 2.25. The topological polar surface area (TPSA) is 64.4 Å². The average Bonchev–Trinajstić information content (AvgIpc) is 3.04. The number of aromatic nitrogens is 3. The van der Waals surface area contributed by atoms with Gasteiger partial charge in [-0.05, 0) is 17.7 Å². The van der Waals surface area contributed by atoms with Gasteiger partial charge in [-0.2, -0.15) is 0 Å². The first-order valence-electron chi connectivity index (χ1n) is 6.36. The normalized spacial score (nSPS) is 12.6. The summed E-state index contributed by atoms with van der Waals surface area (Å²) in [6.45, 7) is 1.01. The summed E-state index contributed by atoms with van der Waals surface area (Å²) >= 11 is 0. The molecule has 0 bridgehead atoms. The lowest BCUT2D eigenvalue weighted by molar-refractivity contribution is 0.174. The lowest BCUT2D eigenvalue weighted by atomic mass is 10.2. The molecule has 1 aliphatic rings. The first-order chi connectivity index (χ1) is 9.69. The molecule has 7 heteroatoms. The molecule has 0 radical (unpaired) electrons. The van der Waals surface area contributed by atoms with E-state index in [1.165, 1.54) is 0 Å². The summed E-state index contributed by atoms with van der Waals surface area (Å²) in [5, 5.41) is 11.2. The highest BCUT2D eigenvalue weighted by Crippen LogP contribution is 2.33. The van der Waals surface area contributed by atoms with E-state index in [-0.39, 0.29) is 0 Å². The molecule has 0 saturated carbocycles. The second-order valence-corrected chi connectivity index (χ2v) is 4.68. The summed E-state index contributed by atoms with van der Waals surface area (Å²) in [4.78, 5) is 2.03. The molecular formula is C13H17N5O2. The molecule has 1 N–H and O–H groups in total. The van der Waals surface area contributed by atoms with Crippen molar-refractivity contribution in [3.8, 4) is 11.5 Å². The van der Waals surface area contributed by atoms with Crippen LogP contribution in [0, 0.1) is 0 Å². The molecule has 0 aliphatic carbocycles. The number of rotatable bonds is 4. The van der Waals surface area contributed by atoms with Gasteiger partial charge in [0.15, 0.2) is 11.5 Å². The molecule has 20 heavy (non-hydrogen) atoms. The fourth-order valence-electron chi connectivity index (χ4n) is 2.25. The Bertz CT molecular complexity index is 625. The van der Waals surface area contributed by atoms with Crippen molar-refractivity contribution in [2.45, 2.75) is 6.54 Å². The minimum absolute atomic E-state index is 0.295. The van der Waals surface area contributed by atoms with Crippen LogP contribution < -0.4 is 19.7 Å². The van der Waals surface area contributed by atoms with E-state index in [9.17, 15) is 0 Å². The monoisotopic (exact) mass is 275 g/mol. The Balaban J connectivity index is 1.78. The molecule has 0 atom stereocenters. The van der Waals surface area contributed by atoms with Crippen molar-refractivity contribution in [3.05, 3.63) is 23.8 Å². The number of ether oxygens (including phenoxy) is 2. The van der Waals surface area contributed by atoms with E-state index in [1.807, 2.05) is 48.8 Å². The van der Waals surface area contributed by atoms with Crippen molar-refractivity contribution in [3.63, 3.8) is 0 Å². The van der Waals surface area contributed by atoms with E-state index in [0.717, 1.165) is 29.0 Å². The summed E-state index contributed by atoms with van der Waals surface area (Å²) in [6, 6.07) is 5.95. The van der Waals surface area contributed by atoms with E-state index in [2.05, 4.69) is 15.5 Å². The van der Waals surface area contributed by atoms with Crippen LogP contribution in [0.3, 0.4) is 0 Å². The quantitative estimate of drug-likeness (QED) is 0.905. The summed E-state index contributed by atoms with van der Waals surface area (Å²) < 4.78 is 12.6. The zero-order valence-corrected chi connectivity index (χ0v) is 11.8. The van der Waals surface area contributed by atoms with Crippen molar-refractivity contribution < 1.29 is 9.47 Å². The van der Waals surface area contributed by atoms with Crippen molar-refractivity contribution in [1.82, 2.24) is 14.8 Å². The highest BCUT2D eigenvalue weighted by molar-refractivity contribution is 5.46. The van der Waals surface area contributed by atoms with Crippen LogP contribution in [-0.2, 0) is 13.6 Å². The molecule has 1 aromatic heterocycles. The Morgan fingerprint density at radius 1 is 1.30 bits per heavy atom. The van der Waals surface area contributed by atoms with Crippen molar-refractivity contribution in [1.29, 1.82) is 0 Å². The zero-order chi connectivity index (χ0) is 14.1. The second-order valence-electron chi connectivity index (χ2n) is 4.68. The third-order valence-electron chi connectivity index (χ3n) is 3.27. The predicted molar refractivity (Wildman–Crippen MR) is 75.2 cm³/mol. The highest BCUT2D eigenvalue weighted by atomic mass is 16.7. The van der Waals surface area contributed by atoms with Gasteiger partial charge in [-0.3, -0.25) is 4.57 Å². The Hall–Kier alpha value is -2.44. The lowest BCUT2D eigenvalue weighted by Gasteiger charge is -2.18. The number of nitrogens with one attached hydrogen (secondary N) is 1. The Morgan fingerprint density at radius 2 is 2.10 bits per heavy atom. The van der Waals surface area contributed by atoms with Crippen LogP contribution in [0.25, 0.3) is 0 Å². The maximum atomic E-state index is 5.39. The molecule has 0 saturated heterocycles. The van der Waals surface area contributed by atoms with Crippen molar-refractivity contribution in [2.24, 2.45) is 7.05 Å². The van der Waals surface area contributed by atoms with Gasteiger partial charge in [-0.15, -0.1) is 10.2 Å². The predicted octanol–water partition coefficient (Wildman–Crippen LogP) is 1.22.